The van der Waals surface area contributed by atoms with Crippen LogP contribution in [0.2, 0.25) is 0 Å². The zero-order chi connectivity index (χ0) is 54.0. The number of aromatic nitrogens is 10. The number of hydrogen-bond acceptors (Lipinski definition) is 20. The van der Waals surface area contributed by atoms with Crippen molar-refractivity contribution in [1.29, 1.82) is 0 Å². The Kier molecular flexibility index (Phi) is 17.5. The van der Waals surface area contributed by atoms with Crippen molar-refractivity contribution in [2.24, 2.45) is 53.3 Å². The number of ether oxygens (including phenoxy) is 4. The molecule has 0 bridgehead atoms. The highest BCUT2D eigenvalue weighted by Gasteiger charge is 2.46. The first-order chi connectivity index (χ1) is 35.1. The van der Waals surface area contributed by atoms with E-state index in [4.69, 9.17) is 30.4 Å². The first-order valence-electron chi connectivity index (χ1n) is 25.0. The van der Waals surface area contributed by atoms with E-state index >= 15 is 0 Å². The standard InChI is InChI=1S/C13H18N4O3.C13H19NO4.C12H17N5O2.C11H17N3O3/c1-6-7(2)13(20-9(6)4-18)17-5-14-10-11(17)15-8(3)16-12(10)19;1-6-4-9(13(17)14-12(6)16)11-8(3)7(2)10(5-15)18-11;1-6-7(2)12(19-8(6)3-18)17-5-16-9-10(13)14-4-15-11(9)17;1-6-7(2)10(17-8(6)5-15)14-4-3-9(12)13-11(14)16/h5-7,9,13,18H,4H2,1-3H3,(H,15,16,19);4,7-11,15H,5H2,1-3H3,(H,14,16,17);4-8,12,18H,3H2,1-2H3,(H2,13,14,15);3-4,6-8,10,15H,5H2,1-2H3,(H2,12,13,16). The molecule has 17 atom stereocenters. The van der Waals surface area contributed by atoms with Crippen LogP contribution in [0.4, 0.5) is 11.6 Å². The van der Waals surface area contributed by atoms with Crippen LogP contribution in [0.25, 0.3) is 22.3 Å². The highest BCUT2D eigenvalue weighted by Crippen LogP contribution is 2.42. The van der Waals surface area contributed by atoms with Crippen molar-refractivity contribution in [3.8, 4) is 0 Å². The molecule has 0 spiro atoms. The van der Waals surface area contributed by atoms with Crippen LogP contribution in [0.5, 0.6) is 0 Å². The highest BCUT2D eigenvalue weighted by molar-refractivity contribution is 6.08. The van der Waals surface area contributed by atoms with Gasteiger partial charge in [0.05, 0.1) is 75.5 Å². The van der Waals surface area contributed by atoms with Crippen molar-refractivity contribution in [3.63, 3.8) is 0 Å². The van der Waals surface area contributed by atoms with E-state index in [9.17, 15) is 39.6 Å². The molecule has 0 aliphatic carbocycles. The molecule has 25 nitrogen and oxygen atoms in total. The molecule has 5 aliphatic rings. The Morgan fingerprint density at radius 2 is 1.08 bits per heavy atom. The minimum Gasteiger partial charge on any atom is -0.394 e. The molecule has 0 aromatic carbocycles. The number of carbonyl (C=O) groups excluding carboxylic acids is 2. The molecule has 4 saturated heterocycles. The SMILES string of the molecule is CC1=CC(C2OC(CO)C(C)C2C)C(=O)NC1=O.CC1C(CO)OC(n2ccc(N)nc2=O)C1C.CC1C(CO)OC(n2cnc3c(N)ncnc32)C1C.Cc1nc2c(ncn2C2OC(CO)C(C)C2C)c(=O)[nH]1. The number of nitrogens with two attached hydrogens (primary N) is 2. The lowest BCUT2D eigenvalue weighted by Crippen LogP contribution is -2.45. The number of nitrogen functional groups attached to an aromatic ring is 2. The lowest BCUT2D eigenvalue weighted by Gasteiger charge is -2.26. The number of aliphatic hydroxyl groups excluding tert-OH is 4. The van der Waals surface area contributed by atoms with E-state index in [2.05, 4.69) is 67.9 Å². The highest BCUT2D eigenvalue weighted by atomic mass is 16.5. The third-order valence-electron chi connectivity index (χ3n) is 15.8. The molecule has 4 fully saturated rings. The molecule has 25 heteroatoms. The average molecular weight is 1030 g/mol. The van der Waals surface area contributed by atoms with Gasteiger partial charge in [-0.1, -0.05) is 61.5 Å². The number of rotatable bonds is 8. The van der Waals surface area contributed by atoms with Gasteiger partial charge in [-0.05, 0) is 49.5 Å². The van der Waals surface area contributed by atoms with Gasteiger partial charge in [-0.15, -0.1) is 0 Å². The largest absolute Gasteiger partial charge is 0.394 e. The number of nitrogens with one attached hydrogen (secondary N) is 2. The Morgan fingerprint density at radius 3 is 1.58 bits per heavy atom. The van der Waals surface area contributed by atoms with Crippen LogP contribution in [0.15, 0.2) is 52.5 Å². The Bertz CT molecular complexity index is 2920. The van der Waals surface area contributed by atoms with Crippen molar-refractivity contribution in [3.05, 3.63) is 69.6 Å². The number of amides is 2. The zero-order valence-electron chi connectivity index (χ0n) is 43.3. The predicted molar refractivity (Wildman–Crippen MR) is 268 cm³/mol. The molecule has 10 rings (SSSR count). The Labute approximate surface area is 426 Å². The molecule has 74 heavy (non-hydrogen) atoms. The van der Waals surface area contributed by atoms with Gasteiger partial charge in [0.1, 0.15) is 42.2 Å². The normalized spacial score (nSPS) is 33.6. The summed E-state index contributed by atoms with van der Waals surface area (Å²) in [5, 5.41) is 39.4. The van der Waals surface area contributed by atoms with Gasteiger partial charge in [0.2, 0.25) is 5.91 Å². The molecule has 5 aromatic heterocycles. The maximum atomic E-state index is 11.9. The fourth-order valence-corrected chi connectivity index (χ4v) is 10.2. The van der Waals surface area contributed by atoms with E-state index in [1.54, 1.807) is 49.4 Å². The van der Waals surface area contributed by atoms with Crippen LogP contribution < -0.4 is 28.0 Å². The zero-order valence-corrected chi connectivity index (χ0v) is 43.3. The fraction of sp³-hybridized carbons (Fsp3) is 0.633. The summed E-state index contributed by atoms with van der Waals surface area (Å²) in [6.07, 6.45) is 5.99. The van der Waals surface area contributed by atoms with Crippen molar-refractivity contribution in [2.45, 2.75) is 118 Å². The average Bonchev–Trinajstić information content (AvgIpc) is 4.22. The second-order valence-electron chi connectivity index (χ2n) is 20.2. The summed E-state index contributed by atoms with van der Waals surface area (Å²) >= 11 is 0. The third kappa shape index (κ3) is 11.0. The maximum absolute atomic E-state index is 11.9. The van der Waals surface area contributed by atoms with E-state index < -0.39 is 11.6 Å². The maximum Gasteiger partial charge on any atom is 0.351 e. The summed E-state index contributed by atoms with van der Waals surface area (Å²) in [6, 6.07) is 1.56. The van der Waals surface area contributed by atoms with Crippen LogP contribution in [0.1, 0.15) is 86.8 Å². The smallest absolute Gasteiger partial charge is 0.351 e. The summed E-state index contributed by atoms with van der Waals surface area (Å²) in [7, 11) is 0. The number of carbonyl (C=O) groups is 2. The van der Waals surface area contributed by atoms with E-state index in [0.29, 0.717) is 39.5 Å². The Balaban J connectivity index is 0.000000144. The Hall–Kier alpha value is -6.06. The van der Waals surface area contributed by atoms with E-state index in [0.717, 1.165) is 0 Å². The lowest BCUT2D eigenvalue weighted by molar-refractivity contribution is -0.135. The molecule has 10 N–H and O–H groups in total. The minimum atomic E-state index is -0.448. The van der Waals surface area contributed by atoms with Crippen molar-refractivity contribution in [2.75, 3.05) is 37.9 Å². The number of imide groups is 1. The number of anilines is 2. The second kappa shape index (κ2) is 23.2. The number of aromatic amines is 1. The summed E-state index contributed by atoms with van der Waals surface area (Å²) in [5.74, 6) is 1.64. The topological polar surface area (TPSA) is 358 Å². The van der Waals surface area contributed by atoms with Crippen LogP contribution >= 0.6 is 0 Å². The van der Waals surface area contributed by atoms with Gasteiger partial charge in [0, 0.05) is 29.5 Å². The number of imidazole rings is 2. The minimum absolute atomic E-state index is 0.0122. The Morgan fingerprint density at radius 1 is 0.595 bits per heavy atom. The van der Waals surface area contributed by atoms with Crippen LogP contribution in [-0.4, -0.2) is 138 Å². The van der Waals surface area contributed by atoms with Gasteiger partial charge in [0.25, 0.3) is 11.5 Å². The van der Waals surface area contributed by atoms with Gasteiger partial charge >= 0.3 is 5.69 Å². The molecule has 0 radical (unpaired) electrons. The van der Waals surface area contributed by atoms with Crippen molar-refractivity contribution in [1.82, 2.24) is 53.9 Å². The number of nitrogens with zero attached hydrogens (tertiary/aromatic N) is 9. The van der Waals surface area contributed by atoms with Gasteiger partial charge in [-0.3, -0.25) is 33.4 Å². The van der Waals surface area contributed by atoms with E-state index in [1.807, 2.05) is 32.3 Å². The van der Waals surface area contributed by atoms with Gasteiger partial charge in [0.15, 0.2) is 22.6 Å². The molecule has 5 aromatic rings. The molecular formula is C49H71N13O12. The number of fused-ring (bicyclic) bond motifs is 2. The predicted octanol–water partition coefficient (Wildman–Crippen LogP) is 1.38. The molecule has 17 unspecified atom stereocenters. The molecular weight excluding hydrogens is 963 g/mol. The van der Waals surface area contributed by atoms with Crippen molar-refractivity contribution >= 4 is 45.8 Å². The molecule has 2 amide bonds. The number of aliphatic hydroxyl groups is 4. The van der Waals surface area contributed by atoms with E-state index in [1.165, 1.54) is 10.9 Å². The lowest BCUT2D eigenvalue weighted by atomic mass is 9.83. The first kappa shape index (κ1) is 55.7. The summed E-state index contributed by atoms with van der Waals surface area (Å²) in [6.45, 7) is 19.6. The number of aryl methyl sites for hydroxylation is 1. The number of hydrogen-bond donors (Lipinski definition) is 8. The summed E-state index contributed by atoms with van der Waals surface area (Å²) in [4.78, 5) is 73.9. The van der Waals surface area contributed by atoms with E-state index in [-0.39, 0.29) is 146 Å². The van der Waals surface area contributed by atoms with Gasteiger partial charge in [-0.25, -0.2) is 29.7 Å². The molecule has 5 aliphatic heterocycles. The molecule has 0 saturated carbocycles. The van der Waals surface area contributed by atoms with Gasteiger partial charge in [-0.2, -0.15) is 4.98 Å². The van der Waals surface area contributed by atoms with Crippen LogP contribution in [0.3, 0.4) is 0 Å². The first-order valence-corrected chi connectivity index (χ1v) is 25.0. The molecule has 404 valence electrons. The van der Waals surface area contributed by atoms with Crippen LogP contribution in [0, 0.1) is 60.2 Å². The number of H-pyrrole nitrogens is 1. The molecule has 10 heterocycles. The fourth-order valence-electron chi connectivity index (χ4n) is 10.2. The second-order valence-corrected chi connectivity index (χ2v) is 20.2. The van der Waals surface area contributed by atoms with Crippen molar-refractivity contribution < 1.29 is 49.0 Å². The quantitative estimate of drug-likeness (QED) is 0.102. The monoisotopic (exact) mass is 1030 g/mol. The van der Waals surface area contributed by atoms with Crippen LogP contribution in [-0.2, 0) is 28.5 Å². The summed E-state index contributed by atoms with van der Waals surface area (Å²) < 4.78 is 28.3. The van der Waals surface area contributed by atoms with Gasteiger partial charge < -0.3 is 55.8 Å². The summed E-state index contributed by atoms with van der Waals surface area (Å²) in [5.41, 5.74) is 13.2. The third-order valence-corrected chi connectivity index (χ3v) is 15.8.